The Morgan fingerprint density at radius 1 is 1.22 bits per heavy atom. The van der Waals surface area contributed by atoms with Crippen molar-refractivity contribution in [1.29, 1.82) is 0 Å². The van der Waals surface area contributed by atoms with Crippen molar-refractivity contribution in [3.05, 3.63) is 46.8 Å². The molecule has 0 bridgehead atoms. The number of nitrogens with one attached hydrogen (secondary N) is 1. The summed E-state index contributed by atoms with van der Waals surface area (Å²) < 4.78 is 5.25. The van der Waals surface area contributed by atoms with Crippen LogP contribution in [-0.4, -0.2) is 36.9 Å². The topological polar surface area (TPSA) is 84.7 Å². The first kappa shape index (κ1) is 19.4. The number of hydrogen-bond donors (Lipinski definition) is 2. The zero-order chi connectivity index (χ0) is 19.2. The van der Waals surface area contributed by atoms with Gasteiger partial charge >= 0.3 is 0 Å². The number of benzene rings is 1. The van der Waals surface area contributed by atoms with Crippen LogP contribution in [0.25, 0.3) is 0 Å². The molecule has 3 N–H and O–H groups in total. The smallest absolute Gasteiger partial charge is 0.251 e. The zero-order valence-electron chi connectivity index (χ0n) is 15.4. The van der Waals surface area contributed by atoms with E-state index in [9.17, 15) is 9.59 Å². The van der Waals surface area contributed by atoms with Crippen LogP contribution >= 0.6 is 11.3 Å². The maximum Gasteiger partial charge on any atom is 0.251 e. The van der Waals surface area contributed by atoms with Crippen molar-refractivity contribution in [2.45, 2.75) is 31.7 Å². The summed E-state index contributed by atoms with van der Waals surface area (Å²) in [5, 5.41) is 5.12. The van der Waals surface area contributed by atoms with Gasteiger partial charge in [-0.3, -0.25) is 14.5 Å². The summed E-state index contributed by atoms with van der Waals surface area (Å²) in [5.41, 5.74) is 6.91. The molecule has 2 amide bonds. The highest BCUT2D eigenvalue weighted by Gasteiger charge is 2.25. The maximum atomic E-state index is 12.6. The van der Waals surface area contributed by atoms with Crippen LogP contribution in [0.15, 0.2) is 35.7 Å². The third-order valence-corrected chi connectivity index (χ3v) is 5.72. The molecule has 1 saturated heterocycles. The first-order valence-electron chi connectivity index (χ1n) is 9.13. The molecule has 6 nitrogen and oxygen atoms in total. The first-order valence-corrected chi connectivity index (χ1v) is 10.0. The van der Waals surface area contributed by atoms with Crippen molar-refractivity contribution in [3.8, 4) is 5.75 Å². The number of rotatable bonds is 6. The molecule has 27 heavy (non-hydrogen) atoms. The summed E-state index contributed by atoms with van der Waals surface area (Å²) >= 11 is 1.31. The van der Waals surface area contributed by atoms with Gasteiger partial charge in [-0.15, -0.1) is 11.3 Å². The fraction of sp³-hybridized carbons (Fsp3) is 0.400. The van der Waals surface area contributed by atoms with Crippen LogP contribution in [0.1, 0.15) is 47.6 Å². The molecule has 0 saturated carbocycles. The van der Waals surface area contributed by atoms with Gasteiger partial charge in [-0.1, -0.05) is 25.0 Å². The van der Waals surface area contributed by atoms with Crippen molar-refractivity contribution in [3.63, 3.8) is 0 Å². The Balaban J connectivity index is 1.72. The van der Waals surface area contributed by atoms with Crippen molar-refractivity contribution >= 4 is 28.2 Å². The molecule has 3 rings (SSSR count). The van der Waals surface area contributed by atoms with Crippen LogP contribution in [0.2, 0.25) is 0 Å². The van der Waals surface area contributed by atoms with Gasteiger partial charge < -0.3 is 15.8 Å². The Bertz CT molecular complexity index is 788. The lowest BCUT2D eigenvalue weighted by Crippen LogP contribution is -2.36. The third-order valence-electron chi connectivity index (χ3n) is 4.89. The van der Waals surface area contributed by atoms with Crippen LogP contribution in [0, 0.1) is 0 Å². The first-order chi connectivity index (χ1) is 13.1. The van der Waals surface area contributed by atoms with E-state index in [-0.39, 0.29) is 18.5 Å². The zero-order valence-corrected chi connectivity index (χ0v) is 16.3. The monoisotopic (exact) mass is 387 g/mol. The van der Waals surface area contributed by atoms with Crippen LogP contribution in [-0.2, 0) is 4.79 Å². The Kier molecular flexibility index (Phi) is 6.47. The second-order valence-corrected chi connectivity index (χ2v) is 7.60. The summed E-state index contributed by atoms with van der Waals surface area (Å²) in [6, 6.07) is 9.90. The molecule has 1 aromatic heterocycles. The lowest BCUT2D eigenvalue weighted by Gasteiger charge is -2.29. The van der Waals surface area contributed by atoms with Crippen molar-refractivity contribution in [2.75, 3.05) is 25.5 Å². The molecule has 1 aliphatic rings. The average Bonchev–Trinajstić information content (AvgIpc) is 3.00. The van der Waals surface area contributed by atoms with Crippen LogP contribution in [0.5, 0.6) is 5.75 Å². The van der Waals surface area contributed by atoms with E-state index in [1.807, 2.05) is 12.1 Å². The average molecular weight is 388 g/mol. The van der Waals surface area contributed by atoms with E-state index in [2.05, 4.69) is 22.3 Å². The number of nitrogens with two attached hydrogens (primary N) is 1. The number of carbonyl (C=O) groups excluding carboxylic acids is 2. The molecule has 0 unspecified atom stereocenters. The van der Waals surface area contributed by atoms with E-state index in [1.54, 1.807) is 18.6 Å². The molecule has 0 radical (unpaired) electrons. The van der Waals surface area contributed by atoms with Gasteiger partial charge in [-0.05, 0) is 48.5 Å². The fourth-order valence-electron chi connectivity index (χ4n) is 3.51. The number of thiophene rings is 1. The Morgan fingerprint density at radius 3 is 2.70 bits per heavy atom. The molecule has 2 heterocycles. The molecule has 0 aliphatic carbocycles. The molecule has 1 aliphatic heterocycles. The highest BCUT2D eigenvalue weighted by molar-refractivity contribution is 7.14. The Hall–Kier alpha value is -2.38. The molecular weight excluding hydrogens is 362 g/mol. The Morgan fingerprint density at radius 2 is 2.00 bits per heavy atom. The highest BCUT2D eigenvalue weighted by atomic mass is 32.1. The molecular formula is C20H25N3O3S. The minimum absolute atomic E-state index is 0.125. The van der Waals surface area contributed by atoms with Gasteiger partial charge in [0.1, 0.15) is 10.8 Å². The Labute approximate surface area is 163 Å². The lowest BCUT2D eigenvalue weighted by atomic mass is 10.0. The predicted octanol–water partition coefficient (Wildman–Crippen LogP) is 3.41. The third kappa shape index (κ3) is 4.87. The molecule has 1 atom stereocenters. The molecule has 2 aromatic rings. The molecule has 144 valence electrons. The normalized spacial score (nSPS) is 17.9. The second-order valence-electron chi connectivity index (χ2n) is 6.68. The van der Waals surface area contributed by atoms with Gasteiger partial charge in [0.15, 0.2) is 0 Å². The lowest BCUT2D eigenvalue weighted by molar-refractivity contribution is -0.117. The van der Waals surface area contributed by atoms with E-state index >= 15 is 0 Å². The minimum atomic E-state index is -0.530. The summed E-state index contributed by atoms with van der Waals surface area (Å²) in [6.45, 7) is 1.16. The van der Waals surface area contributed by atoms with Crippen LogP contribution in [0.4, 0.5) is 5.00 Å². The molecule has 1 aromatic carbocycles. The highest BCUT2D eigenvalue weighted by Crippen LogP contribution is 2.31. The van der Waals surface area contributed by atoms with Crippen LogP contribution in [0.3, 0.4) is 0 Å². The number of nitrogens with zero attached hydrogens (tertiary/aromatic N) is 1. The van der Waals surface area contributed by atoms with Gasteiger partial charge in [0.2, 0.25) is 5.91 Å². The number of methoxy groups -OCH3 is 1. The van der Waals surface area contributed by atoms with Gasteiger partial charge in [0.05, 0.1) is 19.2 Å². The van der Waals surface area contributed by atoms with Crippen molar-refractivity contribution in [1.82, 2.24) is 4.90 Å². The van der Waals surface area contributed by atoms with E-state index in [1.165, 1.54) is 23.3 Å². The van der Waals surface area contributed by atoms with Crippen LogP contribution < -0.4 is 15.8 Å². The predicted molar refractivity (Wildman–Crippen MR) is 107 cm³/mol. The summed E-state index contributed by atoms with van der Waals surface area (Å²) in [7, 11) is 1.65. The molecule has 7 heteroatoms. The number of anilines is 1. The molecule has 1 fully saturated rings. The van der Waals surface area contributed by atoms with Gasteiger partial charge in [-0.25, -0.2) is 0 Å². The maximum absolute atomic E-state index is 12.6. The fourth-order valence-corrected chi connectivity index (χ4v) is 4.32. The van der Waals surface area contributed by atoms with E-state index in [4.69, 9.17) is 10.5 Å². The number of carbonyl (C=O) groups is 2. The summed E-state index contributed by atoms with van der Waals surface area (Å²) in [4.78, 5) is 26.3. The number of hydrogen-bond acceptors (Lipinski definition) is 5. The van der Waals surface area contributed by atoms with E-state index < -0.39 is 5.91 Å². The van der Waals surface area contributed by atoms with E-state index in [0.29, 0.717) is 10.6 Å². The second kappa shape index (κ2) is 9.01. The standard InChI is InChI=1S/C20H25N3O3S/c1-26-15-8-6-14(7-9-15)17-5-3-2-4-11-23(17)13-18(24)22-20-16(19(21)25)10-12-27-20/h6-10,12,17H,2-5,11,13H2,1H3,(H2,21,25)(H,22,24)/t17-/m0/s1. The summed E-state index contributed by atoms with van der Waals surface area (Å²) in [5.74, 6) is 0.172. The molecule has 0 spiro atoms. The quantitative estimate of drug-likeness (QED) is 0.795. The summed E-state index contributed by atoms with van der Waals surface area (Å²) in [6.07, 6.45) is 4.41. The number of likely N-dealkylation sites (tertiary alicyclic amines) is 1. The number of primary amides is 1. The van der Waals surface area contributed by atoms with Crippen molar-refractivity contribution < 1.29 is 14.3 Å². The van der Waals surface area contributed by atoms with Gasteiger partial charge in [-0.2, -0.15) is 0 Å². The van der Waals surface area contributed by atoms with Gasteiger partial charge in [0, 0.05) is 6.04 Å². The van der Waals surface area contributed by atoms with Crippen molar-refractivity contribution in [2.24, 2.45) is 5.73 Å². The largest absolute Gasteiger partial charge is 0.497 e. The van der Waals surface area contributed by atoms with E-state index in [0.717, 1.165) is 31.6 Å². The number of ether oxygens (including phenoxy) is 1. The number of amides is 2. The minimum Gasteiger partial charge on any atom is -0.497 e. The SMILES string of the molecule is COc1ccc([C@@H]2CCCCCN2CC(=O)Nc2sccc2C(N)=O)cc1. The van der Waals surface area contributed by atoms with Gasteiger partial charge in [0.25, 0.3) is 5.91 Å².